The highest BCUT2D eigenvalue weighted by Crippen LogP contribution is 2.56. The number of piperidine rings is 2. The average molecular weight is 384 g/mol. The van der Waals surface area contributed by atoms with Gasteiger partial charge in [0.25, 0.3) is 5.91 Å². The van der Waals surface area contributed by atoms with Crippen LogP contribution < -0.4 is 10.6 Å². The Morgan fingerprint density at radius 3 is 2.71 bits per heavy atom. The molecule has 1 aromatic rings. The summed E-state index contributed by atoms with van der Waals surface area (Å²) in [5.74, 6) is -0.966. The molecule has 0 radical (unpaired) electrons. The number of rotatable bonds is 2. The van der Waals surface area contributed by atoms with Crippen LogP contribution in [-0.2, 0) is 21.7 Å². The minimum absolute atomic E-state index is 0.182. The number of aliphatic hydroxyl groups is 1. The molecule has 8 heteroatoms. The van der Waals surface area contributed by atoms with Crippen molar-refractivity contribution in [3.8, 4) is 0 Å². The van der Waals surface area contributed by atoms with Crippen LogP contribution in [0.2, 0.25) is 0 Å². The fourth-order valence-electron chi connectivity index (χ4n) is 5.27. The van der Waals surface area contributed by atoms with Crippen molar-refractivity contribution in [2.45, 2.75) is 56.7 Å². The number of pyridine rings is 1. The first kappa shape index (κ1) is 17.8. The number of fused-ring (bicyclic) bond motifs is 1. The van der Waals surface area contributed by atoms with Crippen LogP contribution in [0.25, 0.3) is 0 Å². The topological polar surface area (TPSA) is 112 Å². The van der Waals surface area contributed by atoms with E-state index in [9.17, 15) is 19.5 Å². The molecule has 2 unspecified atom stereocenters. The summed E-state index contributed by atoms with van der Waals surface area (Å²) in [4.78, 5) is 42.6. The molecule has 0 aromatic carbocycles. The Hall–Kier alpha value is -2.32. The van der Waals surface area contributed by atoms with Crippen LogP contribution in [0.3, 0.4) is 0 Å². The summed E-state index contributed by atoms with van der Waals surface area (Å²) in [5.41, 5.74) is 0.544. The van der Waals surface area contributed by atoms with Gasteiger partial charge < -0.3 is 15.3 Å². The summed E-state index contributed by atoms with van der Waals surface area (Å²) >= 11 is 0. The van der Waals surface area contributed by atoms with E-state index in [1.54, 1.807) is 12.1 Å². The van der Waals surface area contributed by atoms with Crippen molar-refractivity contribution in [2.24, 2.45) is 5.41 Å². The molecule has 1 aliphatic carbocycles. The zero-order chi connectivity index (χ0) is 19.5. The van der Waals surface area contributed by atoms with Crippen LogP contribution in [-0.4, -0.2) is 51.8 Å². The predicted molar refractivity (Wildman–Crippen MR) is 97.9 cm³/mol. The number of aromatic nitrogens is 1. The maximum atomic E-state index is 12.8. The van der Waals surface area contributed by atoms with E-state index in [1.165, 1.54) is 4.90 Å². The first-order valence-electron chi connectivity index (χ1n) is 10.0. The van der Waals surface area contributed by atoms with E-state index in [1.807, 2.05) is 0 Å². The van der Waals surface area contributed by atoms with Gasteiger partial charge in [0.2, 0.25) is 11.8 Å². The van der Waals surface area contributed by atoms with Gasteiger partial charge in [0.15, 0.2) is 0 Å². The van der Waals surface area contributed by atoms with Gasteiger partial charge in [-0.2, -0.15) is 0 Å². The molecule has 3 amide bonds. The van der Waals surface area contributed by atoms with E-state index in [4.69, 9.17) is 4.98 Å². The van der Waals surface area contributed by atoms with Crippen molar-refractivity contribution in [1.29, 1.82) is 0 Å². The maximum absolute atomic E-state index is 12.8. The van der Waals surface area contributed by atoms with Crippen molar-refractivity contribution in [3.63, 3.8) is 0 Å². The Labute approximate surface area is 162 Å². The predicted octanol–water partition coefficient (Wildman–Crippen LogP) is 0.194. The van der Waals surface area contributed by atoms with Crippen molar-refractivity contribution in [3.05, 3.63) is 29.1 Å². The van der Waals surface area contributed by atoms with Crippen molar-refractivity contribution < 1.29 is 19.5 Å². The Morgan fingerprint density at radius 1 is 1.18 bits per heavy atom. The van der Waals surface area contributed by atoms with E-state index in [2.05, 4.69) is 10.6 Å². The minimum atomic E-state index is -0.989. The number of hydrogen-bond acceptors (Lipinski definition) is 6. The molecule has 4 aliphatic rings. The standard InChI is InChI=1S/C20H24N4O4/c25-16-5-3-14(17(26)23-16)24-10-13-12(18(24)27)2-4-15(22-13)20(28)8-9-21-11-19(20)6-1-7-19/h2,4,14,21,28H,1,3,5-11H2,(H,23,25,26). The van der Waals surface area contributed by atoms with E-state index < -0.39 is 17.6 Å². The highest BCUT2D eigenvalue weighted by Gasteiger charge is 2.57. The lowest BCUT2D eigenvalue weighted by molar-refractivity contribution is -0.155. The van der Waals surface area contributed by atoms with Crippen molar-refractivity contribution in [1.82, 2.24) is 20.5 Å². The second-order valence-electron chi connectivity index (χ2n) is 8.51. The lowest BCUT2D eigenvalue weighted by Crippen LogP contribution is -2.60. The van der Waals surface area contributed by atoms with Gasteiger partial charge in [-0.3, -0.25) is 24.7 Å². The second-order valence-corrected chi connectivity index (χ2v) is 8.51. The Morgan fingerprint density at radius 2 is 2.00 bits per heavy atom. The van der Waals surface area contributed by atoms with Crippen LogP contribution >= 0.6 is 0 Å². The maximum Gasteiger partial charge on any atom is 0.256 e. The molecule has 2 saturated heterocycles. The Bertz CT molecular complexity index is 881. The smallest absolute Gasteiger partial charge is 0.256 e. The summed E-state index contributed by atoms with van der Waals surface area (Å²) in [6.45, 7) is 1.75. The van der Waals surface area contributed by atoms with Crippen LogP contribution in [0.4, 0.5) is 0 Å². The van der Waals surface area contributed by atoms with Crippen molar-refractivity contribution >= 4 is 17.7 Å². The number of amides is 3. The highest BCUT2D eigenvalue weighted by atomic mass is 16.3. The molecule has 148 valence electrons. The van der Waals surface area contributed by atoms with Crippen LogP contribution in [0.15, 0.2) is 12.1 Å². The molecular weight excluding hydrogens is 360 g/mol. The lowest BCUT2D eigenvalue weighted by Gasteiger charge is -2.56. The third-order valence-electron chi connectivity index (χ3n) is 7.11. The second kappa shape index (κ2) is 6.09. The van der Waals surface area contributed by atoms with Gasteiger partial charge in [-0.05, 0) is 44.4 Å². The van der Waals surface area contributed by atoms with Gasteiger partial charge in [0.05, 0.1) is 23.5 Å². The molecule has 2 atom stereocenters. The van der Waals surface area contributed by atoms with Gasteiger partial charge >= 0.3 is 0 Å². The molecule has 28 heavy (non-hydrogen) atoms. The summed E-state index contributed by atoms with van der Waals surface area (Å²) in [5, 5.41) is 17.3. The molecule has 8 nitrogen and oxygen atoms in total. The third kappa shape index (κ3) is 2.37. The molecule has 1 aromatic heterocycles. The normalized spacial score (nSPS) is 31.5. The van der Waals surface area contributed by atoms with Crippen LogP contribution in [0, 0.1) is 5.41 Å². The van der Waals surface area contributed by atoms with E-state index >= 15 is 0 Å². The highest BCUT2D eigenvalue weighted by molar-refractivity contribution is 6.05. The minimum Gasteiger partial charge on any atom is -0.383 e. The van der Waals surface area contributed by atoms with Gasteiger partial charge in [0, 0.05) is 18.4 Å². The molecular formula is C20H24N4O4. The lowest BCUT2D eigenvalue weighted by atomic mass is 9.55. The number of carbonyl (C=O) groups is 3. The van der Waals surface area contributed by atoms with Crippen LogP contribution in [0.1, 0.15) is 60.3 Å². The fourth-order valence-corrected chi connectivity index (χ4v) is 5.27. The van der Waals surface area contributed by atoms with E-state index in [0.717, 1.165) is 32.4 Å². The Kier molecular flexibility index (Phi) is 3.86. The summed E-state index contributed by atoms with van der Waals surface area (Å²) in [6, 6.07) is 2.86. The molecule has 1 spiro atoms. The van der Waals surface area contributed by atoms with Gasteiger partial charge in [-0.15, -0.1) is 0 Å². The number of nitrogens with zero attached hydrogens (tertiary/aromatic N) is 2. The number of nitrogens with one attached hydrogen (secondary N) is 2. The van der Waals surface area contributed by atoms with Gasteiger partial charge in [-0.1, -0.05) is 6.42 Å². The average Bonchev–Trinajstić information content (AvgIpc) is 2.97. The molecule has 3 aliphatic heterocycles. The molecule has 3 N–H and O–H groups in total. The van der Waals surface area contributed by atoms with E-state index in [-0.39, 0.29) is 30.2 Å². The number of carbonyl (C=O) groups excluding carboxylic acids is 3. The molecule has 5 rings (SSSR count). The number of imide groups is 1. The fraction of sp³-hybridized carbons (Fsp3) is 0.600. The zero-order valence-corrected chi connectivity index (χ0v) is 15.7. The largest absolute Gasteiger partial charge is 0.383 e. The summed E-state index contributed by atoms with van der Waals surface area (Å²) in [6.07, 6.45) is 4.20. The first-order chi connectivity index (χ1) is 13.4. The molecule has 4 heterocycles. The zero-order valence-electron chi connectivity index (χ0n) is 15.7. The van der Waals surface area contributed by atoms with Crippen LogP contribution in [0.5, 0.6) is 0 Å². The van der Waals surface area contributed by atoms with Gasteiger partial charge in [0.1, 0.15) is 11.6 Å². The van der Waals surface area contributed by atoms with Gasteiger partial charge in [-0.25, -0.2) is 0 Å². The monoisotopic (exact) mass is 384 g/mol. The quantitative estimate of drug-likeness (QED) is 0.628. The first-order valence-corrected chi connectivity index (χ1v) is 10.0. The SMILES string of the molecule is O=C1CCC(N2Cc3nc(C4(O)CCNCC45CCC5)ccc3C2=O)C(=O)N1. The summed E-state index contributed by atoms with van der Waals surface area (Å²) in [7, 11) is 0. The third-order valence-corrected chi connectivity index (χ3v) is 7.11. The van der Waals surface area contributed by atoms with Crippen molar-refractivity contribution in [2.75, 3.05) is 13.1 Å². The van der Waals surface area contributed by atoms with E-state index in [0.29, 0.717) is 29.8 Å². The Balaban J connectivity index is 1.45. The number of hydrogen-bond donors (Lipinski definition) is 3. The molecule has 1 saturated carbocycles. The summed E-state index contributed by atoms with van der Waals surface area (Å²) < 4.78 is 0. The molecule has 0 bridgehead atoms. The molecule has 3 fully saturated rings.